The molecule has 1 saturated heterocycles. The summed E-state index contributed by atoms with van der Waals surface area (Å²) in [6.45, 7) is 1.69. The van der Waals surface area contributed by atoms with Gasteiger partial charge in [0.15, 0.2) is 0 Å². The molecule has 1 heterocycles. The summed E-state index contributed by atoms with van der Waals surface area (Å²) in [7, 11) is -4.02. The van der Waals surface area contributed by atoms with E-state index in [2.05, 4.69) is 9.62 Å². The van der Waals surface area contributed by atoms with E-state index in [-0.39, 0.29) is 16.1 Å². The van der Waals surface area contributed by atoms with Crippen LogP contribution < -0.4 is 9.62 Å². The first-order valence-electron chi connectivity index (χ1n) is 8.77. The third kappa shape index (κ3) is 4.57. The fourth-order valence-electron chi connectivity index (χ4n) is 3.14. The Kier molecular flexibility index (Phi) is 5.65. The van der Waals surface area contributed by atoms with Crippen molar-refractivity contribution >= 4 is 27.4 Å². The Balaban J connectivity index is 1.90. The van der Waals surface area contributed by atoms with Crippen molar-refractivity contribution in [2.45, 2.75) is 30.6 Å². The number of sulfonamides is 1. The zero-order valence-corrected chi connectivity index (χ0v) is 15.5. The van der Waals surface area contributed by atoms with Gasteiger partial charge >= 0.3 is 5.97 Å². The van der Waals surface area contributed by atoms with E-state index in [1.54, 1.807) is 6.07 Å². The van der Waals surface area contributed by atoms with Gasteiger partial charge < -0.3 is 10.0 Å². The second-order valence-corrected chi connectivity index (χ2v) is 8.18. The van der Waals surface area contributed by atoms with Gasteiger partial charge in [0.25, 0.3) is 10.0 Å². The molecule has 0 spiro atoms. The molecule has 2 N–H and O–H groups in total. The Labute approximate surface area is 157 Å². The summed E-state index contributed by atoms with van der Waals surface area (Å²) in [5.41, 5.74) is 0.617. The van der Waals surface area contributed by atoms with Gasteiger partial charge in [-0.3, -0.25) is 4.72 Å². The maximum absolute atomic E-state index is 13.0. The van der Waals surface area contributed by atoms with E-state index >= 15 is 0 Å². The molecule has 0 amide bonds. The molecule has 0 radical (unpaired) electrons. The molecule has 0 bridgehead atoms. The fourth-order valence-corrected chi connectivity index (χ4v) is 4.22. The first-order valence-corrected chi connectivity index (χ1v) is 10.3. The molecule has 6 nitrogen and oxygen atoms in total. The normalized spacial score (nSPS) is 15.2. The summed E-state index contributed by atoms with van der Waals surface area (Å²) in [4.78, 5) is 13.7. The number of halogens is 1. The maximum Gasteiger partial charge on any atom is 0.337 e. The lowest BCUT2D eigenvalue weighted by Crippen LogP contribution is -2.24. The molecule has 0 saturated carbocycles. The second-order valence-electron chi connectivity index (χ2n) is 6.50. The van der Waals surface area contributed by atoms with Crippen molar-refractivity contribution in [3.8, 4) is 0 Å². The Morgan fingerprint density at radius 1 is 1.00 bits per heavy atom. The monoisotopic (exact) mass is 392 g/mol. The zero-order valence-electron chi connectivity index (χ0n) is 14.7. The maximum atomic E-state index is 13.0. The standard InChI is InChI=1S/C19H21FN2O4S/c20-14-5-8-16(9-6-14)27(25,26)21-18-10-7-15(13-17(18)19(23)24)22-11-3-1-2-4-12-22/h5-10,13,21H,1-4,11-12H2,(H,23,24). The Morgan fingerprint density at radius 2 is 1.63 bits per heavy atom. The van der Waals surface area contributed by atoms with Crippen molar-refractivity contribution in [2.24, 2.45) is 0 Å². The lowest BCUT2D eigenvalue weighted by atomic mass is 10.1. The Hall–Kier alpha value is -2.61. The van der Waals surface area contributed by atoms with E-state index in [1.807, 2.05) is 0 Å². The van der Waals surface area contributed by atoms with Crippen LogP contribution in [0.5, 0.6) is 0 Å². The molecule has 1 aliphatic heterocycles. The highest BCUT2D eigenvalue weighted by molar-refractivity contribution is 7.92. The molecule has 3 rings (SSSR count). The van der Waals surface area contributed by atoms with Crippen LogP contribution >= 0.6 is 0 Å². The van der Waals surface area contributed by atoms with Crippen LogP contribution in [0, 0.1) is 5.82 Å². The third-order valence-electron chi connectivity index (χ3n) is 4.57. The van der Waals surface area contributed by atoms with Gasteiger partial charge in [0.1, 0.15) is 5.82 Å². The minimum absolute atomic E-state index is 0.0228. The minimum atomic E-state index is -4.02. The number of nitrogens with zero attached hydrogens (tertiary/aromatic N) is 1. The Morgan fingerprint density at radius 3 is 2.22 bits per heavy atom. The number of carboxylic acids is 1. The smallest absolute Gasteiger partial charge is 0.337 e. The topological polar surface area (TPSA) is 86.7 Å². The van der Waals surface area contributed by atoms with Crippen LogP contribution in [0.4, 0.5) is 15.8 Å². The molecule has 0 unspecified atom stereocenters. The average Bonchev–Trinajstić information content (AvgIpc) is 2.91. The van der Waals surface area contributed by atoms with Crippen molar-refractivity contribution in [2.75, 3.05) is 22.7 Å². The number of rotatable bonds is 5. The first-order chi connectivity index (χ1) is 12.9. The van der Waals surface area contributed by atoms with Crippen LogP contribution in [-0.4, -0.2) is 32.6 Å². The predicted octanol–water partition coefficient (Wildman–Crippen LogP) is 3.71. The SMILES string of the molecule is O=C(O)c1cc(N2CCCCCC2)ccc1NS(=O)(=O)c1ccc(F)cc1. The van der Waals surface area contributed by atoms with E-state index in [9.17, 15) is 22.7 Å². The van der Waals surface area contributed by atoms with Gasteiger partial charge in [-0.05, 0) is 55.3 Å². The van der Waals surface area contributed by atoms with E-state index in [0.717, 1.165) is 68.7 Å². The van der Waals surface area contributed by atoms with Gasteiger partial charge in [-0.2, -0.15) is 0 Å². The number of benzene rings is 2. The van der Waals surface area contributed by atoms with Crippen LogP contribution in [-0.2, 0) is 10.0 Å². The molecule has 1 fully saturated rings. The van der Waals surface area contributed by atoms with Crippen LogP contribution in [0.15, 0.2) is 47.4 Å². The summed E-state index contributed by atoms with van der Waals surface area (Å²) in [6, 6.07) is 9.01. The highest BCUT2D eigenvalue weighted by Crippen LogP contribution is 2.27. The van der Waals surface area contributed by atoms with Crippen molar-refractivity contribution in [3.05, 3.63) is 53.8 Å². The van der Waals surface area contributed by atoms with Gasteiger partial charge in [-0.15, -0.1) is 0 Å². The second kappa shape index (κ2) is 7.96. The largest absolute Gasteiger partial charge is 0.478 e. The molecular formula is C19H21FN2O4S. The summed E-state index contributed by atoms with van der Waals surface area (Å²) in [5.74, 6) is -1.77. The summed E-state index contributed by atoms with van der Waals surface area (Å²) in [6.07, 6.45) is 4.39. The van der Waals surface area contributed by atoms with E-state index in [0.29, 0.717) is 0 Å². The molecule has 2 aromatic carbocycles. The third-order valence-corrected chi connectivity index (χ3v) is 5.95. The highest BCUT2D eigenvalue weighted by Gasteiger charge is 2.20. The molecular weight excluding hydrogens is 371 g/mol. The highest BCUT2D eigenvalue weighted by atomic mass is 32.2. The van der Waals surface area contributed by atoms with Crippen LogP contribution in [0.2, 0.25) is 0 Å². The molecule has 144 valence electrons. The van der Waals surface area contributed by atoms with Gasteiger partial charge in [-0.25, -0.2) is 17.6 Å². The molecule has 1 aliphatic rings. The average molecular weight is 392 g/mol. The summed E-state index contributed by atoms with van der Waals surface area (Å²) in [5, 5.41) is 9.54. The van der Waals surface area contributed by atoms with Gasteiger partial charge in [0.05, 0.1) is 16.1 Å². The van der Waals surface area contributed by atoms with Crippen LogP contribution in [0.3, 0.4) is 0 Å². The van der Waals surface area contributed by atoms with E-state index in [1.165, 1.54) is 12.1 Å². The number of carboxylic acid groups (broad SMARTS) is 1. The van der Waals surface area contributed by atoms with E-state index < -0.39 is 21.8 Å². The van der Waals surface area contributed by atoms with Gasteiger partial charge in [0, 0.05) is 18.8 Å². The van der Waals surface area contributed by atoms with Gasteiger partial charge in [-0.1, -0.05) is 12.8 Å². The van der Waals surface area contributed by atoms with Crippen molar-refractivity contribution in [1.29, 1.82) is 0 Å². The number of nitrogens with one attached hydrogen (secondary N) is 1. The summed E-state index contributed by atoms with van der Waals surface area (Å²) >= 11 is 0. The molecule has 0 atom stereocenters. The van der Waals surface area contributed by atoms with Crippen molar-refractivity contribution in [1.82, 2.24) is 0 Å². The number of hydrogen-bond donors (Lipinski definition) is 2. The fraction of sp³-hybridized carbons (Fsp3) is 0.316. The van der Waals surface area contributed by atoms with Crippen LogP contribution in [0.25, 0.3) is 0 Å². The minimum Gasteiger partial charge on any atom is -0.478 e. The zero-order chi connectivity index (χ0) is 19.4. The van der Waals surface area contributed by atoms with Crippen molar-refractivity contribution < 1.29 is 22.7 Å². The number of carbonyl (C=O) groups is 1. The number of aromatic carboxylic acids is 1. The number of hydrogen-bond acceptors (Lipinski definition) is 4. The predicted molar refractivity (Wildman–Crippen MR) is 101 cm³/mol. The van der Waals surface area contributed by atoms with Crippen LogP contribution in [0.1, 0.15) is 36.0 Å². The Bertz CT molecular complexity index is 921. The molecule has 0 aliphatic carbocycles. The quantitative estimate of drug-likeness (QED) is 0.810. The molecule has 0 aromatic heterocycles. The van der Waals surface area contributed by atoms with E-state index in [4.69, 9.17) is 0 Å². The lowest BCUT2D eigenvalue weighted by Gasteiger charge is -2.23. The molecule has 2 aromatic rings. The van der Waals surface area contributed by atoms with Gasteiger partial charge in [0.2, 0.25) is 0 Å². The van der Waals surface area contributed by atoms with Crippen molar-refractivity contribution in [3.63, 3.8) is 0 Å². The number of anilines is 2. The molecule has 27 heavy (non-hydrogen) atoms. The summed E-state index contributed by atoms with van der Waals surface area (Å²) < 4.78 is 40.3. The molecule has 8 heteroatoms. The lowest BCUT2D eigenvalue weighted by molar-refractivity contribution is 0.0698. The first kappa shape index (κ1) is 19.2.